The lowest BCUT2D eigenvalue weighted by Crippen LogP contribution is -2.34. The molecule has 0 atom stereocenters. The van der Waals surface area contributed by atoms with Crippen LogP contribution in [-0.4, -0.2) is 37.5 Å². The molecule has 0 spiro atoms. The summed E-state index contributed by atoms with van der Waals surface area (Å²) in [5.41, 5.74) is 4.64. The molecule has 5 nitrogen and oxygen atoms in total. The van der Waals surface area contributed by atoms with Gasteiger partial charge in [0, 0.05) is 43.7 Å². The lowest BCUT2D eigenvalue weighted by atomic mass is 10.0. The van der Waals surface area contributed by atoms with E-state index >= 15 is 0 Å². The van der Waals surface area contributed by atoms with Crippen LogP contribution < -0.4 is 0 Å². The Kier molecular flexibility index (Phi) is 4.84. The Morgan fingerprint density at radius 2 is 1.90 bits per heavy atom. The zero-order valence-electron chi connectivity index (χ0n) is 17.3. The predicted molar refractivity (Wildman–Crippen MR) is 118 cm³/mol. The molecule has 5 heteroatoms. The van der Waals surface area contributed by atoms with Gasteiger partial charge in [0.1, 0.15) is 17.0 Å². The highest BCUT2D eigenvalue weighted by atomic mass is 15.2. The Morgan fingerprint density at radius 3 is 2.66 bits per heavy atom. The molecule has 1 fully saturated rings. The van der Waals surface area contributed by atoms with Crippen molar-refractivity contribution in [1.29, 1.82) is 0 Å². The van der Waals surface area contributed by atoms with E-state index in [1.54, 1.807) is 0 Å². The minimum atomic E-state index is 0.501. The fourth-order valence-electron chi connectivity index (χ4n) is 4.72. The number of pyridine rings is 1. The molecule has 1 aromatic carbocycles. The third-order valence-corrected chi connectivity index (χ3v) is 6.07. The van der Waals surface area contributed by atoms with Crippen LogP contribution in [0.5, 0.6) is 0 Å². The first-order valence-electron chi connectivity index (χ1n) is 10.8. The number of rotatable bonds is 5. The number of fused-ring (bicyclic) bond motifs is 3. The smallest absolute Gasteiger partial charge is 0.139 e. The molecular formula is C24H29N5. The van der Waals surface area contributed by atoms with Crippen molar-refractivity contribution in [1.82, 2.24) is 24.4 Å². The van der Waals surface area contributed by atoms with Crippen molar-refractivity contribution in [3.8, 4) is 0 Å². The number of hydrogen-bond donors (Lipinski definition) is 1. The number of hydrogen-bond acceptors (Lipinski definition) is 3. The topological polar surface area (TPSA) is 49.7 Å². The highest BCUT2D eigenvalue weighted by molar-refractivity contribution is 6.01. The van der Waals surface area contributed by atoms with Crippen LogP contribution in [0.15, 0.2) is 48.8 Å². The summed E-state index contributed by atoms with van der Waals surface area (Å²) in [5.74, 6) is 1.80. The lowest BCUT2D eigenvalue weighted by molar-refractivity contribution is 0.179. The average molecular weight is 388 g/mol. The fraction of sp³-hybridized carbons (Fsp3) is 0.417. The van der Waals surface area contributed by atoms with E-state index in [4.69, 9.17) is 4.98 Å². The van der Waals surface area contributed by atoms with E-state index in [0.717, 1.165) is 50.1 Å². The second-order valence-electron chi connectivity index (χ2n) is 8.72. The number of aromatic nitrogens is 4. The van der Waals surface area contributed by atoms with Gasteiger partial charge in [-0.15, -0.1) is 0 Å². The highest BCUT2D eigenvalue weighted by Gasteiger charge is 2.26. The minimum Gasteiger partial charge on any atom is -0.346 e. The molecule has 1 N–H and O–H groups in total. The molecule has 1 aliphatic heterocycles. The van der Waals surface area contributed by atoms with Crippen molar-refractivity contribution in [2.45, 2.75) is 45.7 Å². The van der Waals surface area contributed by atoms with Gasteiger partial charge in [-0.25, -0.2) is 9.97 Å². The Labute approximate surface area is 171 Å². The SMILES string of the molecule is CC(C)Cc1nc2cnc3[nH]ccc3c2n1C1CCN(Cc2ccccc2)CC1. The quantitative estimate of drug-likeness (QED) is 0.527. The monoisotopic (exact) mass is 387 g/mol. The van der Waals surface area contributed by atoms with Crippen LogP contribution in [0.25, 0.3) is 22.1 Å². The summed E-state index contributed by atoms with van der Waals surface area (Å²) in [7, 11) is 0. The first kappa shape index (κ1) is 18.4. The van der Waals surface area contributed by atoms with Crippen molar-refractivity contribution in [3.05, 3.63) is 60.2 Å². The third-order valence-electron chi connectivity index (χ3n) is 6.07. The fourth-order valence-corrected chi connectivity index (χ4v) is 4.72. The molecule has 0 amide bonds. The number of nitrogens with zero attached hydrogens (tertiary/aromatic N) is 4. The first-order valence-corrected chi connectivity index (χ1v) is 10.8. The maximum absolute atomic E-state index is 5.02. The summed E-state index contributed by atoms with van der Waals surface area (Å²) < 4.78 is 2.55. The number of H-pyrrole nitrogens is 1. The van der Waals surface area contributed by atoms with E-state index in [2.05, 4.69) is 69.7 Å². The third kappa shape index (κ3) is 3.55. The summed E-state index contributed by atoms with van der Waals surface area (Å²) >= 11 is 0. The van der Waals surface area contributed by atoms with Gasteiger partial charge in [0.15, 0.2) is 0 Å². The zero-order chi connectivity index (χ0) is 19.8. The molecular weight excluding hydrogens is 358 g/mol. The lowest BCUT2D eigenvalue weighted by Gasteiger charge is -2.34. The van der Waals surface area contributed by atoms with Gasteiger partial charge in [0.2, 0.25) is 0 Å². The molecule has 29 heavy (non-hydrogen) atoms. The molecule has 4 aromatic rings. The van der Waals surface area contributed by atoms with Crippen LogP contribution in [0.2, 0.25) is 0 Å². The van der Waals surface area contributed by atoms with E-state index in [9.17, 15) is 0 Å². The molecule has 1 aliphatic rings. The molecule has 5 rings (SSSR count). The van der Waals surface area contributed by atoms with Gasteiger partial charge in [-0.1, -0.05) is 44.2 Å². The van der Waals surface area contributed by atoms with Gasteiger partial charge >= 0.3 is 0 Å². The van der Waals surface area contributed by atoms with Gasteiger partial charge in [0.05, 0.1) is 11.7 Å². The Hall–Kier alpha value is -2.66. The van der Waals surface area contributed by atoms with Crippen molar-refractivity contribution in [2.24, 2.45) is 5.92 Å². The largest absolute Gasteiger partial charge is 0.346 e. The Bertz CT molecular complexity index is 1100. The summed E-state index contributed by atoms with van der Waals surface area (Å²) in [6, 6.07) is 13.5. The van der Waals surface area contributed by atoms with Crippen LogP contribution in [-0.2, 0) is 13.0 Å². The number of piperidine rings is 1. The van der Waals surface area contributed by atoms with Crippen molar-refractivity contribution >= 4 is 22.1 Å². The number of likely N-dealkylation sites (tertiary alicyclic amines) is 1. The maximum atomic E-state index is 5.02. The Morgan fingerprint density at radius 1 is 1.10 bits per heavy atom. The summed E-state index contributed by atoms with van der Waals surface area (Å²) in [5, 5.41) is 1.19. The Balaban J connectivity index is 1.45. The van der Waals surface area contributed by atoms with Crippen molar-refractivity contribution in [2.75, 3.05) is 13.1 Å². The van der Waals surface area contributed by atoms with E-state index in [1.807, 2.05) is 12.4 Å². The number of nitrogens with one attached hydrogen (secondary N) is 1. The molecule has 0 radical (unpaired) electrons. The van der Waals surface area contributed by atoms with Crippen LogP contribution >= 0.6 is 0 Å². The van der Waals surface area contributed by atoms with Gasteiger partial charge in [-0.05, 0) is 30.4 Å². The van der Waals surface area contributed by atoms with E-state index in [0.29, 0.717) is 12.0 Å². The van der Waals surface area contributed by atoms with E-state index in [1.165, 1.54) is 22.3 Å². The van der Waals surface area contributed by atoms with Gasteiger partial charge in [-0.2, -0.15) is 0 Å². The number of aromatic amines is 1. The molecule has 0 bridgehead atoms. The molecule has 3 aromatic heterocycles. The van der Waals surface area contributed by atoms with E-state index in [-0.39, 0.29) is 0 Å². The average Bonchev–Trinajstić information content (AvgIpc) is 3.33. The van der Waals surface area contributed by atoms with Gasteiger partial charge in [0.25, 0.3) is 0 Å². The van der Waals surface area contributed by atoms with Gasteiger partial charge < -0.3 is 9.55 Å². The van der Waals surface area contributed by atoms with Crippen molar-refractivity contribution < 1.29 is 0 Å². The first-order chi connectivity index (χ1) is 14.2. The summed E-state index contributed by atoms with van der Waals surface area (Å²) in [4.78, 5) is 15.4. The molecule has 0 saturated carbocycles. The molecule has 4 heterocycles. The van der Waals surface area contributed by atoms with Crippen molar-refractivity contribution in [3.63, 3.8) is 0 Å². The van der Waals surface area contributed by atoms with Crippen LogP contribution in [0.1, 0.15) is 44.1 Å². The molecule has 1 saturated heterocycles. The second kappa shape index (κ2) is 7.64. The highest BCUT2D eigenvalue weighted by Crippen LogP contribution is 2.33. The molecule has 150 valence electrons. The normalized spacial score (nSPS) is 16.4. The second-order valence-corrected chi connectivity index (χ2v) is 8.72. The number of benzene rings is 1. The van der Waals surface area contributed by atoms with Gasteiger partial charge in [-0.3, -0.25) is 4.90 Å². The molecule has 0 unspecified atom stereocenters. The number of imidazole rings is 1. The van der Waals surface area contributed by atoms with Crippen LogP contribution in [0.3, 0.4) is 0 Å². The zero-order valence-corrected chi connectivity index (χ0v) is 17.3. The van der Waals surface area contributed by atoms with E-state index < -0.39 is 0 Å². The summed E-state index contributed by atoms with van der Waals surface area (Å²) in [6.45, 7) is 7.85. The van der Waals surface area contributed by atoms with Crippen LogP contribution in [0, 0.1) is 5.92 Å². The van der Waals surface area contributed by atoms with Crippen LogP contribution in [0.4, 0.5) is 0 Å². The minimum absolute atomic E-state index is 0.501. The maximum Gasteiger partial charge on any atom is 0.139 e. The predicted octanol–water partition coefficient (Wildman–Crippen LogP) is 4.95. The molecule has 0 aliphatic carbocycles. The summed E-state index contributed by atoms with van der Waals surface area (Å²) in [6.07, 6.45) is 7.25. The standard InChI is InChI=1S/C24H29N5/c1-17(2)14-22-27-21-15-26-24-20(8-11-25-24)23(21)29(22)19-9-12-28(13-10-19)16-18-6-4-3-5-7-18/h3-8,11,15,17,19H,9-10,12-14,16H2,1-2H3,(H,25,26).